The number of hydrogen-bond acceptors (Lipinski definition) is 6. The van der Waals surface area contributed by atoms with E-state index in [9.17, 15) is 9.18 Å². The van der Waals surface area contributed by atoms with E-state index in [-0.39, 0.29) is 11.9 Å². The highest BCUT2D eigenvalue weighted by Gasteiger charge is 2.23. The van der Waals surface area contributed by atoms with Crippen LogP contribution < -0.4 is 16.0 Å². The minimum atomic E-state index is -0.509. The minimum absolute atomic E-state index is 0.143. The standard InChI is InChI=1S/C24H33ClFN5O2/c1-24(2,3)33-23(32)30-13-17-10-8-16(9-11-17)12-28-22-29-15-20(26)21(31-22)27-14-18-6-4-5-7-19(18)25/h4-7,15-17H,8-14H2,1-3H3,(H,30,32)(H2,27,28,29,31). The van der Waals surface area contributed by atoms with Crippen molar-refractivity contribution in [2.45, 2.75) is 58.6 Å². The molecule has 1 amide bonds. The number of aromatic nitrogens is 2. The van der Waals surface area contributed by atoms with Gasteiger partial charge in [0.15, 0.2) is 11.6 Å². The van der Waals surface area contributed by atoms with E-state index >= 15 is 0 Å². The highest BCUT2D eigenvalue weighted by molar-refractivity contribution is 6.31. The Morgan fingerprint density at radius 2 is 1.79 bits per heavy atom. The van der Waals surface area contributed by atoms with Crippen LogP contribution in [-0.4, -0.2) is 34.8 Å². The zero-order valence-electron chi connectivity index (χ0n) is 19.5. The van der Waals surface area contributed by atoms with Crippen molar-refractivity contribution in [2.75, 3.05) is 23.7 Å². The van der Waals surface area contributed by atoms with Crippen molar-refractivity contribution >= 4 is 29.5 Å². The van der Waals surface area contributed by atoms with Gasteiger partial charge in [0.25, 0.3) is 0 Å². The third-order valence-electron chi connectivity index (χ3n) is 5.60. The Hall–Kier alpha value is -2.61. The Labute approximate surface area is 199 Å². The summed E-state index contributed by atoms with van der Waals surface area (Å²) in [6.07, 6.45) is 4.98. The van der Waals surface area contributed by atoms with Gasteiger partial charge >= 0.3 is 6.09 Å². The Morgan fingerprint density at radius 3 is 2.45 bits per heavy atom. The Balaban J connectivity index is 1.41. The lowest BCUT2D eigenvalue weighted by molar-refractivity contribution is 0.0513. The maximum absolute atomic E-state index is 14.1. The molecule has 1 aliphatic rings. The van der Waals surface area contributed by atoms with Gasteiger partial charge in [-0.15, -0.1) is 0 Å². The van der Waals surface area contributed by atoms with Gasteiger partial charge in [-0.2, -0.15) is 4.98 Å². The van der Waals surface area contributed by atoms with Crippen molar-refractivity contribution < 1.29 is 13.9 Å². The summed E-state index contributed by atoms with van der Waals surface area (Å²) in [5, 5.41) is 9.73. The largest absolute Gasteiger partial charge is 0.444 e. The Kier molecular flexibility index (Phi) is 8.72. The van der Waals surface area contributed by atoms with Crippen LogP contribution >= 0.6 is 11.6 Å². The van der Waals surface area contributed by atoms with Crippen LogP contribution in [0.2, 0.25) is 5.02 Å². The molecule has 0 saturated heterocycles. The highest BCUT2D eigenvalue weighted by atomic mass is 35.5. The van der Waals surface area contributed by atoms with E-state index in [1.807, 2.05) is 39.0 Å². The molecule has 0 aliphatic heterocycles. The second-order valence-electron chi connectivity index (χ2n) is 9.49. The molecule has 1 saturated carbocycles. The number of rotatable bonds is 8. The first-order valence-electron chi connectivity index (χ1n) is 11.4. The van der Waals surface area contributed by atoms with Gasteiger partial charge in [-0.05, 0) is 69.9 Å². The number of benzene rings is 1. The second-order valence-corrected chi connectivity index (χ2v) is 9.89. The minimum Gasteiger partial charge on any atom is -0.444 e. The SMILES string of the molecule is CC(C)(C)OC(=O)NCC1CCC(CNc2ncc(F)c(NCc3ccccc3Cl)n2)CC1. The number of carbonyl (C=O) groups excluding carboxylic acids is 1. The number of nitrogens with one attached hydrogen (secondary N) is 3. The zero-order chi connectivity index (χ0) is 23.8. The van der Waals surface area contributed by atoms with Crippen LogP contribution in [0.25, 0.3) is 0 Å². The number of anilines is 2. The smallest absolute Gasteiger partial charge is 0.407 e. The lowest BCUT2D eigenvalue weighted by Crippen LogP contribution is -2.36. The predicted octanol–water partition coefficient (Wildman–Crippen LogP) is 5.62. The third kappa shape index (κ3) is 8.35. The molecule has 3 rings (SSSR count). The predicted molar refractivity (Wildman–Crippen MR) is 129 cm³/mol. The van der Waals surface area contributed by atoms with E-state index in [0.717, 1.165) is 37.8 Å². The molecular weight excluding hydrogens is 445 g/mol. The maximum Gasteiger partial charge on any atom is 0.407 e. The van der Waals surface area contributed by atoms with Crippen molar-refractivity contribution in [1.82, 2.24) is 15.3 Å². The molecule has 9 heteroatoms. The van der Waals surface area contributed by atoms with Gasteiger partial charge in [0.2, 0.25) is 5.95 Å². The summed E-state index contributed by atoms with van der Waals surface area (Å²) in [7, 11) is 0. The summed E-state index contributed by atoms with van der Waals surface area (Å²) in [5.41, 5.74) is 0.379. The van der Waals surface area contributed by atoms with Crippen LogP contribution in [0.15, 0.2) is 30.5 Å². The fourth-order valence-electron chi connectivity index (χ4n) is 3.81. The van der Waals surface area contributed by atoms with E-state index in [1.165, 1.54) is 6.20 Å². The molecule has 2 aromatic rings. The van der Waals surface area contributed by atoms with Gasteiger partial charge < -0.3 is 20.7 Å². The van der Waals surface area contributed by atoms with Crippen molar-refractivity contribution in [1.29, 1.82) is 0 Å². The quantitative estimate of drug-likeness (QED) is 0.457. The third-order valence-corrected chi connectivity index (χ3v) is 5.97. The van der Waals surface area contributed by atoms with Crippen LogP contribution in [0.4, 0.5) is 21.0 Å². The maximum atomic E-state index is 14.1. The van der Waals surface area contributed by atoms with Gasteiger partial charge in [-0.1, -0.05) is 29.8 Å². The Morgan fingerprint density at radius 1 is 1.12 bits per heavy atom. The molecule has 3 N–H and O–H groups in total. The monoisotopic (exact) mass is 477 g/mol. The molecule has 7 nitrogen and oxygen atoms in total. The summed E-state index contributed by atoms with van der Waals surface area (Å²) >= 11 is 6.16. The van der Waals surface area contributed by atoms with Gasteiger partial charge in [0, 0.05) is 24.7 Å². The first-order chi connectivity index (χ1) is 15.7. The molecule has 0 atom stereocenters. The summed E-state index contributed by atoms with van der Waals surface area (Å²) in [6, 6.07) is 7.41. The molecule has 0 spiro atoms. The molecule has 180 valence electrons. The van der Waals surface area contributed by atoms with Crippen LogP contribution in [-0.2, 0) is 11.3 Å². The van der Waals surface area contributed by atoms with Crippen molar-refractivity contribution in [2.24, 2.45) is 11.8 Å². The summed E-state index contributed by atoms with van der Waals surface area (Å²) in [5.74, 6) is 0.967. The molecule has 1 heterocycles. The highest BCUT2D eigenvalue weighted by Crippen LogP contribution is 2.28. The average molecular weight is 478 g/mol. The van der Waals surface area contributed by atoms with Crippen LogP contribution in [0.5, 0.6) is 0 Å². The first-order valence-corrected chi connectivity index (χ1v) is 11.8. The molecule has 1 aromatic heterocycles. The number of amides is 1. The van der Waals surface area contributed by atoms with Gasteiger partial charge in [-0.3, -0.25) is 0 Å². The lowest BCUT2D eigenvalue weighted by Gasteiger charge is -2.29. The molecular formula is C24H33ClFN5O2. The molecule has 1 fully saturated rings. The summed E-state index contributed by atoms with van der Waals surface area (Å²) < 4.78 is 19.4. The second kappa shape index (κ2) is 11.5. The molecule has 33 heavy (non-hydrogen) atoms. The van der Waals surface area contributed by atoms with Crippen LogP contribution in [0, 0.1) is 17.7 Å². The normalized spacial score (nSPS) is 18.5. The van der Waals surface area contributed by atoms with Gasteiger partial charge in [0.05, 0.1) is 6.20 Å². The molecule has 0 radical (unpaired) electrons. The molecule has 0 bridgehead atoms. The zero-order valence-corrected chi connectivity index (χ0v) is 20.2. The molecule has 0 unspecified atom stereocenters. The van der Waals surface area contributed by atoms with Crippen LogP contribution in [0.3, 0.4) is 0 Å². The first kappa shape index (κ1) is 25.0. The van der Waals surface area contributed by atoms with Gasteiger partial charge in [0.1, 0.15) is 5.60 Å². The fraction of sp³-hybridized carbons (Fsp3) is 0.542. The number of halogens is 2. The number of nitrogens with zero attached hydrogens (tertiary/aromatic N) is 2. The fourth-order valence-corrected chi connectivity index (χ4v) is 4.02. The van der Waals surface area contributed by atoms with Crippen molar-refractivity contribution in [3.05, 3.63) is 46.9 Å². The molecule has 1 aliphatic carbocycles. The Bertz CT molecular complexity index is 929. The number of alkyl carbamates (subject to hydrolysis) is 1. The summed E-state index contributed by atoms with van der Waals surface area (Å²) in [4.78, 5) is 20.2. The number of carbonyl (C=O) groups is 1. The lowest BCUT2D eigenvalue weighted by atomic mass is 9.82. The van der Waals surface area contributed by atoms with E-state index in [4.69, 9.17) is 16.3 Å². The van der Waals surface area contributed by atoms with E-state index in [1.54, 1.807) is 6.07 Å². The number of ether oxygens (including phenoxy) is 1. The van der Waals surface area contributed by atoms with E-state index in [0.29, 0.717) is 35.9 Å². The van der Waals surface area contributed by atoms with Gasteiger partial charge in [-0.25, -0.2) is 14.2 Å². The molecule has 1 aromatic carbocycles. The van der Waals surface area contributed by atoms with Crippen molar-refractivity contribution in [3.63, 3.8) is 0 Å². The van der Waals surface area contributed by atoms with E-state index < -0.39 is 11.4 Å². The topological polar surface area (TPSA) is 88.2 Å². The van der Waals surface area contributed by atoms with E-state index in [2.05, 4.69) is 25.9 Å². The number of hydrogen-bond donors (Lipinski definition) is 3. The van der Waals surface area contributed by atoms with Crippen LogP contribution in [0.1, 0.15) is 52.0 Å². The van der Waals surface area contributed by atoms with Crippen molar-refractivity contribution in [3.8, 4) is 0 Å². The summed E-state index contributed by atoms with van der Waals surface area (Å²) in [6.45, 7) is 7.29. The average Bonchev–Trinajstić information content (AvgIpc) is 2.77.